The predicted molar refractivity (Wildman–Crippen MR) is 71.2 cm³/mol. The molecule has 0 radical (unpaired) electrons. The van der Waals surface area contributed by atoms with Crippen molar-refractivity contribution in [1.29, 1.82) is 0 Å². The molecule has 0 aromatic heterocycles. The van der Waals surface area contributed by atoms with Crippen LogP contribution >= 0.6 is 0 Å². The summed E-state index contributed by atoms with van der Waals surface area (Å²) < 4.78 is 0. The quantitative estimate of drug-likeness (QED) is 0.818. The summed E-state index contributed by atoms with van der Waals surface area (Å²) in [6.07, 6.45) is 5.40. The summed E-state index contributed by atoms with van der Waals surface area (Å²) in [5.74, 6) is 0. The minimum atomic E-state index is -0.197. The van der Waals surface area contributed by atoms with Crippen LogP contribution in [0.2, 0.25) is 0 Å². The van der Waals surface area contributed by atoms with Crippen molar-refractivity contribution in [3.05, 3.63) is 35.4 Å². The normalized spacial score (nSPS) is 21.6. The van der Waals surface area contributed by atoms with Crippen molar-refractivity contribution in [2.24, 2.45) is 0 Å². The summed E-state index contributed by atoms with van der Waals surface area (Å²) in [5, 5.41) is 12.8. The van der Waals surface area contributed by atoms with Gasteiger partial charge in [0, 0.05) is 6.04 Å². The molecule has 0 bridgehead atoms. The van der Waals surface area contributed by atoms with Crippen LogP contribution in [0.5, 0.6) is 0 Å². The molecular formula is C15H23NO. The summed E-state index contributed by atoms with van der Waals surface area (Å²) >= 11 is 0. The van der Waals surface area contributed by atoms with Crippen LogP contribution in [-0.2, 0) is 12.8 Å². The average molecular weight is 233 g/mol. The highest BCUT2D eigenvalue weighted by Gasteiger charge is 2.13. The smallest absolute Gasteiger partial charge is 0.0515 e. The zero-order chi connectivity index (χ0) is 12.1. The van der Waals surface area contributed by atoms with Crippen LogP contribution in [0.3, 0.4) is 0 Å². The number of benzene rings is 1. The molecule has 1 fully saturated rings. The van der Waals surface area contributed by atoms with Gasteiger partial charge in [0.25, 0.3) is 0 Å². The van der Waals surface area contributed by atoms with E-state index in [-0.39, 0.29) is 6.10 Å². The summed E-state index contributed by atoms with van der Waals surface area (Å²) in [7, 11) is 0. The van der Waals surface area contributed by atoms with E-state index in [2.05, 4.69) is 29.6 Å². The van der Waals surface area contributed by atoms with Gasteiger partial charge in [-0.15, -0.1) is 0 Å². The van der Waals surface area contributed by atoms with Crippen molar-refractivity contribution in [3.63, 3.8) is 0 Å². The first-order valence-electron chi connectivity index (χ1n) is 6.73. The van der Waals surface area contributed by atoms with Gasteiger partial charge in [-0.1, -0.05) is 24.3 Å². The van der Waals surface area contributed by atoms with Crippen LogP contribution in [-0.4, -0.2) is 23.8 Å². The molecular weight excluding hydrogens is 210 g/mol. The third-order valence-corrected chi connectivity index (χ3v) is 3.52. The lowest BCUT2D eigenvalue weighted by molar-refractivity contribution is 0.185. The van der Waals surface area contributed by atoms with Gasteiger partial charge in [0.2, 0.25) is 0 Å². The first-order valence-corrected chi connectivity index (χ1v) is 6.73. The lowest BCUT2D eigenvalue weighted by Gasteiger charge is -2.10. The zero-order valence-corrected chi connectivity index (χ0v) is 10.7. The van der Waals surface area contributed by atoms with Gasteiger partial charge >= 0.3 is 0 Å². The van der Waals surface area contributed by atoms with Crippen LogP contribution in [0, 0.1) is 0 Å². The lowest BCUT2D eigenvalue weighted by Crippen LogP contribution is -2.23. The highest BCUT2D eigenvalue weighted by atomic mass is 16.3. The van der Waals surface area contributed by atoms with Crippen molar-refractivity contribution in [2.75, 3.05) is 6.54 Å². The van der Waals surface area contributed by atoms with Gasteiger partial charge in [-0.3, -0.25) is 0 Å². The van der Waals surface area contributed by atoms with Gasteiger partial charge in [-0.05, 0) is 56.7 Å². The Morgan fingerprint density at radius 2 is 2.00 bits per heavy atom. The third-order valence-electron chi connectivity index (χ3n) is 3.52. The van der Waals surface area contributed by atoms with Crippen LogP contribution in [0.15, 0.2) is 24.3 Å². The summed E-state index contributed by atoms with van der Waals surface area (Å²) in [5.41, 5.74) is 2.75. The average Bonchev–Trinajstić information content (AvgIpc) is 2.81. The maximum atomic E-state index is 9.25. The highest BCUT2D eigenvalue weighted by Crippen LogP contribution is 2.14. The first kappa shape index (κ1) is 12.6. The van der Waals surface area contributed by atoms with Gasteiger partial charge in [-0.25, -0.2) is 0 Å². The fourth-order valence-electron chi connectivity index (χ4n) is 2.43. The van der Waals surface area contributed by atoms with E-state index in [1.165, 1.54) is 30.5 Å². The van der Waals surface area contributed by atoms with Crippen LogP contribution in [0.1, 0.15) is 37.3 Å². The monoisotopic (exact) mass is 233 g/mol. The van der Waals surface area contributed by atoms with E-state index in [0.29, 0.717) is 6.04 Å². The molecule has 2 rings (SSSR count). The minimum Gasteiger partial charge on any atom is -0.393 e. The van der Waals surface area contributed by atoms with Crippen molar-refractivity contribution in [1.82, 2.24) is 5.32 Å². The molecule has 1 heterocycles. The molecule has 1 aromatic carbocycles. The molecule has 0 amide bonds. The van der Waals surface area contributed by atoms with Gasteiger partial charge in [0.15, 0.2) is 0 Å². The van der Waals surface area contributed by atoms with Crippen molar-refractivity contribution >= 4 is 0 Å². The molecule has 2 unspecified atom stereocenters. The summed E-state index contributed by atoms with van der Waals surface area (Å²) in [4.78, 5) is 0. The number of aliphatic hydroxyl groups is 1. The van der Waals surface area contributed by atoms with Crippen molar-refractivity contribution in [3.8, 4) is 0 Å². The second-order valence-corrected chi connectivity index (χ2v) is 5.20. The van der Waals surface area contributed by atoms with E-state index >= 15 is 0 Å². The Kier molecular flexibility index (Phi) is 4.57. The van der Waals surface area contributed by atoms with Gasteiger partial charge in [-0.2, -0.15) is 0 Å². The van der Waals surface area contributed by atoms with Crippen LogP contribution in [0.4, 0.5) is 0 Å². The number of hydrogen-bond acceptors (Lipinski definition) is 2. The molecule has 17 heavy (non-hydrogen) atoms. The summed E-state index contributed by atoms with van der Waals surface area (Å²) in [6, 6.07) is 9.55. The molecule has 0 aliphatic carbocycles. The number of hydrogen-bond donors (Lipinski definition) is 2. The largest absolute Gasteiger partial charge is 0.393 e. The highest BCUT2D eigenvalue weighted by molar-refractivity contribution is 5.23. The Balaban J connectivity index is 1.84. The topological polar surface area (TPSA) is 32.3 Å². The van der Waals surface area contributed by atoms with E-state index < -0.39 is 0 Å². The molecule has 1 aliphatic rings. The van der Waals surface area contributed by atoms with E-state index in [1.807, 2.05) is 6.92 Å². The maximum absolute atomic E-state index is 9.25. The number of nitrogens with one attached hydrogen (secondary N) is 1. The Labute approximate surface area is 104 Å². The fraction of sp³-hybridized carbons (Fsp3) is 0.600. The molecule has 1 aromatic rings. The van der Waals surface area contributed by atoms with Gasteiger partial charge in [0.1, 0.15) is 0 Å². The predicted octanol–water partition coefficient (Wildman–Crippen LogP) is 2.29. The van der Waals surface area contributed by atoms with Crippen molar-refractivity contribution < 1.29 is 5.11 Å². The van der Waals surface area contributed by atoms with E-state index in [9.17, 15) is 5.11 Å². The van der Waals surface area contributed by atoms with Crippen molar-refractivity contribution in [2.45, 2.75) is 51.2 Å². The van der Waals surface area contributed by atoms with Crippen LogP contribution < -0.4 is 5.32 Å². The zero-order valence-electron chi connectivity index (χ0n) is 10.7. The third kappa shape index (κ3) is 4.14. The van der Waals surface area contributed by atoms with E-state index in [0.717, 1.165) is 19.3 Å². The Morgan fingerprint density at radius 1 is 1.29 bits per heavy atom. The van der Waals surface area contributed by atoms with Gasteiger partial charge < -0.3 is 10.4 Å². The molecule has 94 valence electrons. The Bertz CT molecular complexity index is 325. The van der Waals surface area contributed by atoms with E-state index in [4.69, 9.17) is 0 Å². The summed E-state index contributed by atoms with van der Waals surface area (Å²) in [6.45, 7) is 3.03. The minimum absolute atomic E-state index is 0.197. The molecule has 2 nitrogen and oxygen atoms in total. The fourth-order valence-corrected chi connectivity index (χ4v) is 2.43. The lowest BCUT2D eigenvalue weighted by atomic mass is 10.0. The second-order valence-electron chi connectivity index (χ2n) is 5.20. The molecule has 2 N–H and O–H groups in total. The number of aryl methyl sites for hydroxylation is 1. The Hall–Kier alpha value is -0.860. The van der Waals surface area contributed by atoms with E-state index in [1.54, 1.807) is 0 Å². The molecule has 0 spiro atoms. The number of aliphatic hydroxyl groups excluding tert-OH is 1. The molecule has 2 heteroatoms. The molecule has 0 saturated carbocycles. The molecule has 2 atom stereocenters. The second kappa shape index (κ2) is 6.18. The standard InChI is InChI=1S/C15H23NO/c1-12(17)4-5-13-6-8-14(9-7-13)11-15-3-2-10-16-15/h6-9,12,15-17H,2-5,10-11H2,1H3. The maximum Gasteiger partial charge on any atom is 0.0515 e. The van der Waals surface area contributed by atoms with Crippen LogP contribution in [0.25, 0.3) is 0 Å². The molecule has 1 saturated heterocycles. The number of rotatable bonds is 5. The first-order chi connectivity index (χ1) is 8.24. The Morgan fingerprint density at radius 3 is 2.59 bits per heavy atom. The molecule has 1 aliphatic heterocycles. The van der Waals surface area contributed by atoms with Gasteiger partial charge in [0.05, 0.1) is 6.10 Å². The SMILES string of the molecule is CC(O)CCc1ccc(CC2CCCN2)cc1.